The van der Waals surface area contributed by atoms with Crippen LogP contribution in [0.2, 0.25) is 5.02 Å². The number of amides is 2. The predicted octanol–water partition coefficient (Wildman–Crippen LogP) is 2.83. The third kappa shape index (κ3) is 4.21. The second kappa shape index (κ2) is 8.45. The van der Waals surface area contributed by atoms with Gasteiger partial charge in [0.05, 0.1) is 0 Å². The van der Waals surface area contributed by atoms with Crippen molar-refractivity contribution in [1.29, 1.82) is 0 Å². The van der Waals surface area contributed by atoms with E-state index in [1.165, 1.54) is 4.90 Å². The van der Waals surface area contributed by atoms with E-state index >= 15 is 0 Å². The molecule has 3 heterocycles. The van der Waals surface area contributed by atoms with Gasteiger partial charge in [0.2, 0.25) is 11.8 Å². The lowest BCUT2D eigenvalue weighted by molar-refractivity contribution is -0.143. The lowest BCUT2D eigenvalue weighted by Gasteiger charge is -2.32. The van der Waals surface area contributed by atoms with E-state index in [0.29, 0.717) is 18.0 Å². The van der Waals surface area contributed by atoms with Gasteiger partial charge in [0.25, 0.3) is 10.0 Å². The van der Waals surface area contributed by atoms with Crippen molar-refractivity contribution in [3.05, 3.63) is 29.3 Å². The fourth-order valence-electron chi connectivity index (χ4n) is 4.07. The van der Waals surface area contributed by atoms with Crippen LogP contribution in [0.5, 0.6) is 0 Å². The first-order valence-electron chi connectivity index (χ1n) is 10.1. The Kier molecular flexibility index (Phi) is 6.07. The van der Waals surface area contributed by atoms with Crippen LogP contribution in [-0.2, 0) is 19.6 Å². The largest absolute Gasteiger partial charge is 0.341 e. The van der Waals surface area contributed by atoms with Gasteiger partial charge in [-0.1, -0.05) is 17.7 Å². The van der Waals surface area contributed by atoms with Crippen molar-refractivity contribution < 1.29 is 18.0 Å². The summed E-state index contributed by atoms with van der Waals surface area (Å²) in [5.74, 6) is -0.409. The molecule has 0 spiro atoms. The number of nitrogens with one attached hydrogen (secondary N) is 1. The molecule has 0 saturated carbocycles. The molecule has 2 aliphatic rings. The molecule has 2 aromatic rings. The summed E-state index contributed by atoms with van der Waals surface area (Å²) in [5, 5.41) is 1.32. The number of likely N-dealkylation sites (tertiary alicyclic amines) is 2. The molecule has 1 aromatic carbocycles. The Morgan fingerprint density at radius 2 is 1.93 bits per heavy atom. The summed E-state index contributed by atoms with van der Waals surface area (Å²) in [4.78, 5) is 28.9. The molecule has 10 heteroatoms. The van der Waals surface area contributed by atoms with E-state index in [9.17, 15) is 18.0 Å². The first-order chi connectivity index (χ1) is 14.3. The van der Waals surface area contributed by atoms with Crippen LogP contribution in [0.1, 0.15) is 32.6 Å². The number of halogens is 1. The standard InChI is InChI=1S/C20H24ClN3O4S2/c1-13(19(25)23-8-3-2-4-9-23)24-10-7-16(20(24)26)22-30(27,28)18-11-14-5-6-15(21)12-17(14)29-18/h5-6,11-13,16,22H,2-4,7-10H2,1H3/t13-,16?/m0/s1. The quantitative estimate of drug-likeness (QED) is 0.729. The highest BCUT2D eigenvalue weighted by Crippen LogP contribution is 2.31. The monoisotopic (exact) mass is 469 g/mol. The number of sulfonamides is 1. The normalized spacial score (nSPS) is 21.4. The molecule has 2 aliphatic heterocycles. The maximum atomic E-state index is 12.9. The van der Waals surface area contributed by atoms with Crippen molar-refractivity contribution >= 4 is 54.9 Å². The molecule has 1 N–H and O–H groups in total. The van der Waals surface area contributed by atoms with Crippen LogP contribution >= 0.6 is 22.9 Å². The number of fused-ring (bicyclic) bond motifs is 1. The van der Waals surface area contributed by atoms with Crippen molar-refractivity contribution in [2.45, 2.75) is 48.9 Å². The number of carbonyl (C=O) groups excluding carboxylic acids is 2. The van der Waals surface area contributed by atoms with Gasteiger partial charge in [-0.2, -0.15) is 4.72 Å². The van der Waals surface area contributed by atoms with Crippen molar-refractivity contribution in [2.24, 2.45) is 0 Å². The second-order valence-corrected chi connectivity index (χ2v) is 11.3. The molecular weight excluding hydrogens is 446 g/mol. The Labute approximate surface area is 185 Å². The molecule has 162 valence electrons. The Morgan fingerprint density at radius 3 is 2.67 bits per heavy atom. The predicted molar refractivity (Wildman–Crippen MR) is 117 cm³/mol. The highest BCUT2D eigenvalue weighted by molar-refractivity contribution is 7.91. The van der Waals surface area contributed by atoms with Gasteiger partial charge in [0.1, 0.15) is 16.3 Å². The van der Waals surface area contributed by atoms with Gasteiger partial charge in [-0.3, -0.25) is 9.59 Å². The lowest BCUT2D eigenvalue weighted by atomic mass is 10.1. The molecule has 0 bridgehead atoms. The molecule has 7 nitrogen and oxygen atoms in total. The van der Waals surface area contributed by atoms with Gasteiger partial charge in [-0.15, -0.1) is 11.3 Å². The summed E-state index contributed by atoms with van der Waals surface area (Å²) in [6, 6.07) is 5.33. The number of benzene rings is 1. The third-order valence-electron chi connectivity index (χ3n) is 5.75. The first kappa shape index (κ1) is 21.5. The molecule has 1 unspecified atom stereocenters. The maximum absolute atomic E-state index is 12.9. The molecule has 1 aromatic heterocycles. The van der Waals surface area contributed by atoms with Crippen molar-refractivity contribution in [2.75, 3.05) is 19.6 Å². The van der Waals surface area contributed by atoms with E-state index in [0.717, 1.165) is 53.8 Å². The lowest BCUT2D eigenvalue weighted by Crippen LogP contribution is -2.51. The van der Waals surface area contributed by atoms with Crippen LogP contribution in [-0.4, -0.2) is 61.7 Å². The van der Waals surface area contributed by atoms with Gasteiger partial charge in [0, 0.05) is 29.4 Å². The number of nitrogens with zero attached hydrogens (tertiary/aromatic N) is 2. The zero-order valence-corrected chi connectivity index (χ0v) is 19.0. The summed E-state index contributed by atoms with van der Waals surface area (Å²) < 4.78 is 29.2. The second-order valence-electron chi connectivity index (χ2n) is 7.80. The van der Waals surface area contributed by atoms with Gasteiger partial charge >= 0.3 is 0 Å². The highest BCUT2D eigenvalue weighted by Gasteiger charge is 2.40. The zero-order chi connectivity index (χ0) is 21.5. The van der Waals surface area contributed by atoms with Crippen LogP contribution in [0.15, 0.2) is 28.5 Å². The molecule has 2 fully saturated rings. The average molecular weight is 470 g/mol. The van der Waals surface area contributed by atoms with E-state index in [4.69, 9.17) is 11.6 Å². The van der Waals surface area contributed by atoms with E-state index in [1.807, 2.05) is 0 Å². The summed E-state index contributed by atoms with van der Waals surface area (Å²) >= 11 is 7.10. The van der Waals surface area contributed by atoms with Gasteiger partial charge < -0.3 is 9.80 Å². The van der Waals surface area contributed by atoms with Crippen LogP contribution < -0.4 is 4.72 Å². The number of carbonyl (C=O) groups is 2. The topological polar surface area (TPSA) is 86.8 Å². The zero-order valence-electron chi connectivity index (χ0n) is 16.6. The van der Waals surface area contributed by atoms with E-state index in [2.05, 4.69) is 4.72 Å². The molecule has 2 amide bonds. The van der Waals surface area contributed by atoms with E-state index in [-0.39, 0.29) is 16.0 Å². The van der Waals surface area contributed by atoms with Crippen molar-refractivity contribution in [3.8, 4) is 0 Å². The molecule has 0 aliphatic carbocycles. The minimum Gasteiger partial charge on any atom is -0.341 e. The molecule has 30 heavy (non-hydrogen) atoms. The van der Waals surface area contributed by atoms with E-state index in [1.54, 1.807) is 36.1 Å². The maximum Gasteiger partial charge on any atom is 0.250 e. The number of hydrogen-bond acceptors (Lipinski definition) is 5. The SMILES string of the molecule is C[C@@H](C(=O)N1CCCCC1)N1CCC(NS(=O)(=O)c2cc3ccc(Cl)cc3s2)C1=O. The summed E-state index contributed by atoms with van der Waals surface area (Å²) in [6.07, 6.45) is 3.42. The third-order valence-corrected chi connectivity index (χ3v) is 9.03. The number of piperidine rings is 1. The smallest absolute Gasteiger partial charge is 0.250 e. The molecule has 2 saturated heterocycles. The van der Waals surface area contributed by atoms with Gasteiger partial charge in [-0.25, -0.2) is 8.42 Å². The van der Waals surface area contributed by atoms with Gasteiger partial charge in [-0.05, 0) is 56.2 Å². The Hall–Kier alpha value is -1.68. The molecule has 2 atom stereocenters. The Morgan fingerprint density at radius 1 is 1.20 bits per heavy atom. The van der Waals surface area contributed by atoms with Crippen molar-refractivity contribution in [3.63, 3.8) is 0 Å². The molecule has 4 rings (SSSR count). The Bertz CT molecular complexity index is 1080. The average Bonchev–Trinajstić information content (AvgIpc) is 3.31. The number of rotatable bonds is 5. The number of hydrogen-bond donors (Lipinski definition) is 1. The van der Waals surface area contributed by atoms with Gasteiger partial charge in [0.15, 0.2) is 0 Å². The van der Waals surface area contributed by atoms with Crippen LogP contribution in [0.25, 0.3) is 10.1 Å². The Balaban J connectivity index is 1.45. The summed E-state index contributed by atoms with van der Waals surface area (Å²) in [6.45, 7) is 3.52. The van der Waals surface area contributed by atoms with Crippen LogP contribution in [0.3, 0.4) is 0 Å². The molecule has 0 radical (unpaired) electrons. The summed E-state index contributed by atoms with van der Waals surface area (Å²) in [5.41, 5.74) is 0. The fraction of sp³-hybridized carbons (Fsp3) is 0.500. The summed E-state index contributed by atoms with van der Waals surface area (Å²) in [7, 11) is -3.86. The van der Waals surface area contributed by atoms with Crippen LogP contribution in [0, 0.1) is 0 Å². The first-order valence-corrected chi connectivity index (χ1v) is 12.7. The highest BCUT2D eigenvalue weighted by atomic mass is 35.5. The number of thiophene rings is 1. The van der Waals surface area contributed by atoms with E-state index < -0.39 is 22.1 Å². The minimum absolute atomic E-state index is 0.0621. The van der Waals surface area contributed by atoms with Crippen LogP contribution in [0.4, 0.5) is 0 Å². The fourth-order valence-corrected chi connectivity index (χ4v) is 6.98. The molecular formula is C20H24ClN3O4S2. The van der Waals surface area contributed by atoms with Crippen molar-refractivity contribution in [1.82, 2.24) is 14.5 Å². The minimum atomic E-state index is -3.86.